The van der Waals surface area contributed by atoms with Crippen molar-refractivity contribution in [1.82, 2.24) is 20.0 Å². The van der Waals surface area contributed by atoms with Gasteiger partial charge >= 0.3 is 0 Å². The molecule has 2 fully saturated rings. The first-order chi connectivity index (χ1) is 14.1. The van der Waals surface area contributed by atoms with Crippen molar-refractivity contribution in [3.63, 3.8) is 0 Å². The van der Waals surface area contributed by atoms with Gasteiger partial charge in [0.15, 0.2) is 5.96 Å². The molecule has 0 aliphatic carbocycles. The molecule has 1 unspecified atom stereocenters. The second kappa shape index (κ2) is 12.8. The van der Waals surface area contributed by atoms with Crippen molar-refractivity contribution in [2.45, 2.75) is 45.7 Å². The maximum Gasteiger partial charge on any atom is 0.193 e. The van der Waals surface area contributed by atoms with Gasteiger partial charge in [-0.1, -0.05) is 32.0 Å². The second-order valence-electron chi connectivity index (χ2n) is 8.35. The SMILES string of the molecule is CCN(CC)C1CCN(C(=NC)NCC2CCN(Cc3ccccc3F)CC2)C1.I. The number of benzene rings is 1. The topological polar surface area (TPSA) is 34.1 Å². The quantitative estimate of drug-likeness (QED) is 0.331. The van der Waals surface area contributed by atoms with Gasteiger partial charge < -0.3 is 10.2 Å². The van der Waals surface area contributed by atoms with Crippen LogP contribution < -0.4 is 5.32 Å². The third kappa shape index (κ3) is 6.79. The van der Waals surface area contributed by atoms with E-state index in [9.17, 15) is 4.39 Å². The lowest BCUT2D eigenvalue weighted by Crippen LogP contribution is -2.45. The summed E-state index contributed by atoms with van der Waals surface area (Å²) in [5.74, 6) is 1.62. The van der Waals surface area contributed by atoms with Crippen LogP contribution in [0.2, 0.25) is 0 Å². The third-order valence-electron chi connectivity index (χ3n) is 6.61. The number of halogens is 2. The Morgan fingerprint density at radius 3 is 2.47 bits per heavy atom. The van der Waals surface area contributed by atoms with Crippen molar-refractivity contribution in [3.05, 3.63) is 35.6 Å². The fourth-order valence-corrected chi connectivity index (χ4v) is 4.76. The molecule has 7 heteroatoms. The van der Waals surface area contributed by atoms with Crippen molar-refractivity contribution < 1.29 is 4.39 Å². The Kier molecular flexibility index (Phi) is 10.8. The predicted molar refractivity (Wildman–Crippen MR) is 134 cm³/mol. The lowest BCUT2D eigenvalue weighted by Gasteiger charge is -2.33. The molecule has 2 heterocycles. The Hall–Kier alpha value is -0.930. The van der Waals surface area contributed by atoms with Crippen LogP contribution in [0.1, 0.15) is 38.7 Å². The number of likely N-dealkylation sites (tertiary alicyclic amines) is 2. The number of piperidine rings is 1. The van der Waals surface area contributed by atoms with Gasteiger partial charge in [0.2, 0.25) is 0 Å². The van der Waals surface area contributed by atoms with Gasteiger partial charge in [0.05, 0.1) is 0 Å². The first-order valence-electron chi connectivity index (χ1n) is 11.3. The second-order valence-corrected chi connectivity index (χ2v) is 8.35. The van der Waals surface area contributed by atoms with E-state index >= 15 is 0 Å². The lowest BCUT2D eigenvalue weighted by atomic mass is 9.96. The Labute approximate surface area is 199 Å². The van der Waals surface area contributed by atoms with Gasteiger partial charge in [-0.05, 0) is 57.4 Å². The van der Waals surface area contributed by atoms with Crippen LogP contribution in [0.4, 0.5) is 4.39 Å². The van der Waals surface area contributed by atoms with E-state index in [0.717, 1.165) is 76.7 Å². The zero-order chi connectivity index (χ0) is 20.6. The first kappa shape index (κ1) is 25.3. The average Bonchev–Trinajstić information content (AvgIpc) is 3.22. The summed E-state index contributed by atoms with van der Waals surface area (Å²) >= 11 is 0. The highest BCUT2D eigenvalue weighted by molar-refractivity contribution is 14.0. The Balaban J connectivity index is 0.00000320. The molecule has 0 amide bonds. The average molecular weight is 532 g/mol. The highest BCUT2D eigenvalue weighted by atomic mass is 127. The molecule has 170 valence electrons. The van der Waals surface area contributed by atoms with Crippen molar-refractivity contribution in [3.8, 4) is 0 Å². The number of aliphatic imine (C=N–C) groups is 1. The zero-order valence-electron chi connectivity index (χ0n) is 18.8. The molecule has 2 aliphatic heterocycles. The first-order valence-corrected chi connectivity index (χ1v) is 11.3. The molecule has 30 heavy (non-hydrogen) atoms. The normalized spacial score (nSPS) is 21.2. The summed E-state index contributed by atoms with van der Waals surface area (Å²) in [6, 6.07) is 7.78. The molecule has 1 atom stereocenters. The van der Waals surface area contributed by atoms with Crippen LogP contribution in [0.3, 0.4) is 0 Å². The number of rotatable bonds is 7. The van der Waals surface area contributed by atoms with Gasteiger partial charge in [-0.25, -0.2) is 4.39 Å². The van der Waals surface area contributed by atoms with Crippen LogP contribution in [0.5, 0.6) is 0 Å². The lowest BCUT2D eigenvalue weighted by molar-refractivity contribution is 0.176. The summed E-state index contributed by atoms with van der Waals surface area (Å²) in [6.45, 7) is 12.7. The minimum absolute atomic E-state index is 0. The molecule has 2 saturated heterocycles. The number of nitrogens with one attached hydrogen (secondary N) is 1. The molecular formula is C23H39FIN5. The number of hydrogen-bond donors (Lipinski definition) is 1. The number of guanidine groups is 1. The predicted octanol–water partition coefficient (Wildman–Crippen LogP) is 3.65. The van der Waals surface area contributed by atoms with E-state index in [-0.39, 0.29) is 29.8 Å². The van der Waals surface area contributed by atoms with E-state index in [1.807, 2.05) is 19.2 Å². The molecule has 5 nitrogen and oxygen atoms in total. The van der Waals surface area contributed by atoms with Crippen LogP contribution in [-0.2, 0) is 6.54 Å². The molecule has 1 aromatic carbocycles. The van der Waals surface area contributed by atoms with E-state index < -0.39 is 0 Å². The van der Waals surface area contributed by atoms with E-state index in [1.165, 1.54) is 6.42 Å². The molecule has 0 spiro atoms. The monoisotopic (exact) mass is 531 g/mol. The van der Waals surface area contributed by atoms with Gasteiger partial charge in [0, 0.05) is 44.8 Å². The summed E-state index contributed by atoms with van der Waals surface area (Å²) in [6.07, 6.45) is 3.53. The summed E-state index contributed by atoms with van der Waals surface area (Å²) in [7, 11) is 1.89. The van der Waals surface area contributed by atoms with Crippen molar-refractivity contribution >= 4 is 29.9 Å². The summed E-state index contributed by atoms with van der Waals surface area (Å²) in [4.78, 5) is 11.9. The van der Waals surface area contributed by atoms with Gasteiger partial charge in [0.1, 0.15) is 5.82 Å². The maximum absolute atomic E-state index is 13.9. The summed E-state index contributed by atoms with van der Waals surface area (Å²) in [5, 5.41) is 3.63. The number of likely N-dealkylation sites (N-methyl/N-ethyl adjacent to an activating group) is 1. The van der Waals surface area contributed by atoms with Crippen molar-refractivity contribution in [1.29, 1.82) is 0 Å². The fourth-order valence-electron chi connectivity index (χ4n) is 4.76. The number of nitrogens with zero attached hydrogens (tertiary/aromatic N) is 4. The maximum atomic E-state index is 13.9. The molecule has 3 rings (SSSR count). The van der Waals surface area contributed by atoms with E-state index in [2.05, 4.69) is 38.9 Å². The molecule has 0 radical (unpaired) electrons. The highest BCUT2D eigenvalue weighted by Gasteiger charge is 2.28. The fraction of sp³-hybridized carbons (Fsp3) is 0.696. The van der Waals surface area contributed by atoms with Gasteiger partial charge in [0.25, 0.3) is 0 Å². The van der Waals surface area contributed by atoms with Crippen molar-refractivity contribution in [2.24, 2.45) is 10.9 Å². The van der Waals surface area contributed by atoms with Crippen LogP contribution >= 0.6 is 24.0 Å². The largest absolute Gasteiger partial charge is 0.356 e. The highest BCUT2D eigenvalue weighted by Crippen LogP contribution is 2.20. The Morgan fingerprint density at radius 1 is 1.13 bits per heavy atom. The van der Waals surface area contributed by atoms with Crippen LogP contribution in [-0.4, -0.2) is 79.6 Å². The minimum atomic E-state index is -0.0891. The van der Waals surface area contributed by atoms with E-state index in [4.69, 9.17) is 0 Å². The van der Waals surface area contributed by atoms with Gasteiger partial charge in [-0.15, -0.1) is 24.0 Å². The number of hydrogen-bond acceptors (Lipinski definition) is 3. The molecule has 0 bridgehead atoms. The minimum Gasteiger partial charge on any atom is -0.356 e. The van der Waals surface area contributed by atoms with E-state index in [1.54, 1.807) is 12.1 Å². The third-order valence-corrected chi connectivity index (χ3v) is 6.61. The molecule has 0 saturated carbocycles. The molecule has 1 aromatic rings. The van der Waals surface area contributed by atoms with Crippen LogP contribution in [0.15, 0.2) is 29.3 Å². The Morgan fingerprint density at radius 2 is 1.83 bits per heavy atom. The molecular weight excluding hydrogens is 492 g/mol. The van der Waals surface area contributed by atoms with Crippen molar-refractivity contribution in [2.75, 3.05) is 52.9 Å². The zero-order valence-corrected chi connectivity index (χ0v) is 21.1. The Bertz CT molecular complexity index is 659. The van der Waals surface area contributed by atoms with Gasteiger partial charge in [-0.2, -0.15) is 0 Å². The van der Waals surface area contributed by atoms with Gasteiger partial charge in [-0.3, -0.25) is 14.8 Å². The molecule has 2 aliphatic rings. The molecule has 1 N–H and O–H groups in total. The van der Waals surface area contributed by atoms with E-state index in [0.29, 0.717) is 12.0 Å². The summed E-state index contributed by atoms with van der Waals surface area (Å²) < 4.78 is 13.9. The van der Waals surface area contributed by atoms with Crippen LogP contribution in [0.25, 0.3) is 0 Å². The molecule has 0 aromatic heterocycles. The summed E-state index contributed by atoms with van der Waals surface area (Å²) in [5.41, 5.74) is 0.807. The smallest absolute Gasteiger partial charge is 0.193 e. The van der Waals surface area contributed by atoms with Crippen LogP contribution in [0, 0.1) is 11.7 Å². The standard InChI is InChI=1S/C23H38FN5.HI/c1-4-28(5-2)21-12-15-29(18-21)23(25-3)26-16-19-10-13-27(14-11-19)17-20-8-6-7-9-22(20)24;/h6-9,19,21H,4-5,10-18H2,1-3H3,(H,25,26);1H.